The lowest BCUT2D eigenvalue weighted by molar-refractivity contribution is 0.0373. The van der Waals surface area contributed by atoms with E-state index in [1.54, 1.807) is 30.3 Å². The zero-order valence-corrected chi connectivity index (χ0v) is 20.0. The number of hydrogen-bond donors (Lipinski definition) is 1. The van der Waals surface area contributed by atoms with Gasteiger partial charge in [-0.3, -0.25) is 4.79 Å². The van der Waals surface area contributed by atoms with Crippen LogP contribution >= 0.6 is 0 Å². The van der Waals surface area contributed by atoms with Crippen molar-refractivity contribution in [1.29, 1.82) is 0 Å². The van der Waals surface area contributed by atoms with Gasteiger partial charge in [-0.25, -0.2) is 14.3 Å². The van der Waals surface area contributed by atoms with E-state index in [1.807, 2.05) is 28.3 Å². The normalized spacial score (nSPS) is 16.1. The van der Waals surface area contributed by atoms with Crippen molar-refractivity contribution in [3.63, 3.8) is 0 Å². The van der Waals surface area contributed by atoms with Gasteiger partial charge in [-0.05, 0) is 49.6 Å². The number of aromatic nitrogens is 4. The molecule has 182 valence electrons. The molecule has 1 aromatic carbocycles. The Bertz CT molecular complexity index is 1440. The van der Waals surface area contributed by atoms with Gasteiger partial charge in [0.2, 0.25) is 0 Å². The molecule has 1 saturated heterocycles. The van der Waals surface area contributed by atoms with Gasteiger partial charge in [0, 0.05) is 30.9 Å². The van der Waals surface area contributed by atoms with Gasteiger partial charge in [-0.1, -0.05) is 6.92 Å². The summed E-state index contributed by atoms with van der Waals surface area (Å²) in [5.41, 5.74) is 10.1. The van der Waals surface area contributed by atoms with Crippen LogP contribution in [0.5, 0.6) is 5.75 Å². The highest BCUT2D eigenvalue weighted by atomic mass is 16.6. The van der Waals surface area contributed by atoms with E-state index in [9.17, 15) is 9.59 Å². The Balaban J connectivity index is 1.56. The standard InChI is InChI=1S/C25H28N6O4/c1-4-20-18(13-16-7-5-9-27-31(16)20)23-28-19-11-15(12-21(34-3)22(19)29(23)2)24(32)30-10-6-8-17(14-30)35-25(26)33/h5,7,9,11-13,17H,4,6,8,10,14H2,1-3H3,(H2,26,33)/t17-/m1/s1. The molecule has 0 saturated carbocycles. The number of rotatable bonds is 5. The Morgan fingerprint density at radius 2 is 2.09 bits per heavy atom. The molecule has 1 atom stereocenters. The number of benzene rings is 1. The highest BCUT2D eigenvalue weighted by molar-refractivity contribution is 6.00. The molecule has 5 rings (SSSR count). The number of nitrogens with zero attached hydrogens (tertiary/aromatic N) is 5. The second kappa shape index (κ2) is 8.94. The summed E-state index contributed by atoms with van der Waals surface area (Å²) in [6.07, 6.45) is 2.74. The van der Waals surface area contributed by atoms with Crippen molar-refractivity contribution >= 4 is 28.6 Å². The topological polar surface area (TPSA) is 117 Å². The summed E-state index contributed by atoms with van der Waals surface area (Å²) in [6, 6.07) is 9.55. The second-order valence-corrected chi connectivity index (χ2v) is 8.71. The molecule has 4 heterocycles. The zero-order chi connectivity index (χ0) is 24.7. The minimum Gasteiger partial charge on any atom is -0.494 e. The molecule has 0 spiro atoms. The summed E-state index contributed by atoms with van der Waals surface area (Å²) in [5, 5.41) is 4.49. The number of nitrogens with two attached hydrogens (primary N) is 1. The van der Waals surface area contributed by atoms with Gasteiger partial charge in [0.1, 0.15) is 23.2 Å². The highest BCUT2D eigenvalue weighted by Crippen LogP contribution is 2.34. The van der Waals surface area contributed by atoms with Crippen molar-refractivity contribution in [3.05, 3.63) is 47.8 Å². The lowest BCUT2D eigenvalue weighted by Crippen LogP contribution is -2.44. The third-order valence-electron chi connectivity index (χ3n) is 6.56. The summed E-state index contributed by atoms with van der Waals surface area (Å²) in [5.74, 6) is 1.18. The molecular formula is C25H28N6O4. The third kappa shape index (κ3) is 3.94. The second-order valence-electron chi connectivity index (χ2n) is 8.71. The van der Waals surface area contributed by atoms with E-state index in [2.05, 4.69) is 18.1 Å². The van der Waals surface area contributed by atoms with Crippen LogP contribution in [0.3, 0.4) is 0 Å². The summed E-state index contributed by atoms with van der Waals surface area (Å²) >= 11 is 0. The number of carbonyl (C=O) groups excluding carboxylic acids is 2. The lowest BCUT2D eigenvalue weighted by atomic mass is 10.1. The van der Waals surface area contributed by atoms with Gasteiger partial charge in [0.05, 0.1) is 30.4 Å². The zero-order valence-electron chi connectivity index (χ0n) is 20.0. The molecule has 0 bridgehead atoms. The van der Waals surface area contributed by atoms with Crippen LogP contribution in [0.15, 0.2) is 36.5 Å². The Hall–Kier alpha value is -4.08. The molecule has 1 aliphatic heterocycles. The Morgan fingerprint density at radius 3 is 2.83 bits per heavy atom. The molecule has 10 heteroatoms. The number of amides is 2. The molecule has 10 nitrogen and oxygen atoms in total. The number of hydrogen-bond acceptors (Lipinski definition) is 6. The maximum absolute atomic E-state index is 13.4. The first-order valence-corrected chi connectivity index (χ1v) is 11.7. The van der Waals surface area contributed by atoms with E-state index in [0.717, 1.165) is 41.0 Å². The van der Waals surface area contributed by atoms with E-state index >= 15 is 0 Å². The van der Waals surface area contributed by atoms with Crippen LogP contribution in [-0.4, -0.2) is 62.4 Å². The highest BCUT2D eigenvalue weighted by Gasteiger charge is 2.28. The molecular weight excluding hydrogens is 448 g/mol. The summed E-state index contributed by atoms with van der Waals surface area (Å²) in [6.45, 7) is 2.98. The smallest absolute Gasteiger partial charge is 0.404 e. The minimum absolute atomic E-state index is 0.164. The molecule has 0 aliphatic carbocycles. The number of methoxy groups -OCH3 is 1. The number of carbonyl (C=O) groups is 2. The Morgan fingerprint density at radius 1 is 1.26 bits per heavy atom. The molecule has 2 amide bonds. The minimum atomic E-state index is -0.826. The van der Waals surface area contributed by atoms with Gasteiger partial charge in [0.25, 0.3) is 5.91 Å². The fourth-order valence-corrected chi connectivity index (χ4v) is 4.99. The number of aryl methyl sites for hydroxylation is 2. The van der Waals surface area contributed by atoms with Crippen LogP contribution < -0.4 is 10.5 Å². The van der Waals surface area contributed by atoms with Crippen molar-refractivity contribution < 1.29 is 19.1 Å². The fourth-order valence-electron chi connectivity index (χ4n) is 4.99. The van der Waals surface area contributed by atoms with Gasteiger partial charge < -0.3 is 24.7 Å². The SMILES string of the molecule is CCc1c(-c2nc3cc(C(=O)N4CCC[C@@H](OC(N)=O)C4)cc(OC)c3n2C)cc2cccnn12. The van der Waals surface area contributed by atoms with E-state index in [1.165, 1.54) is 0 Å². The predicted molar refractivity (Wildman–Crippen MR) is 130 cm³/mol. The number of likely N-dealkylation sites (tertiary alicyclic amines) is 1. The van der Waals surface area contributed by atoms with Crippen LogP contribution in [0, 0.1) is 0 Å². The van der Waals surface area contributed by atoms with Crippen molar-refractivity contribution in [2.75, 3.05) is 20.2 Å². The van der Waals surface area contributed by atoms with Crippen LogP contribution in [0.25, 0.3) is 27.9 Å². The van der Waals surface area contributed by atoms with Crippen LogP contribution in [0.4, 0.5) is 4.79 Å². The fraction of sp³-hybridized carbons (Fsp3) is 0.360. The predicted octanol–water partition coefficient (Wildman–Crippen LogP) is 3.16. The maximum atomic E-state index is 13.4. The van der Waals surface area contributed by atoms with Gasteiger partial charge in [-0.2, -0.15) is 5.10 Å². The number of imidazole rings is 1. The number of primary amides is 1. The first-order valence-electron chi connectivity index (χ1n) is 11.7. The first kappa shape index (κ1) is 22.7. The van der Waals surface area contributed by atoms with Crippen molar-refractivity contribution in [3.8, 4) is 17.1 Å². The first-order chi connectivity index (χ1) is 16.9. The quantitative estimate of drug-likeness (QED) is 0.473. The molecule has 35 heavy (non-hydrogen) atoms. The van der Waals surface area contributed by atoms with Crippen molar-refractivity contribution in [2.24, 2.45) is 12.8 Å². The van der Waals surface area contributed by atoms with Crippen LogP contribution in [0.1, 0.15) is 35.8 Å². The van der Waals surface area contributed by atoms with Crippen LogP contribution in [0.2, 0.25) is 0 Å². The van der Waals surface area contributed by atoms with E-state index in [-0.39, 0.29) is 5.91 Å². The summed E-state index contributed by atoms with van der Waals surface area (Å²) in [7, 11) is 3.53. The monoisotopic (exact) mass is 476 g/mol. The van der Waals surface area contributed by atoms with Crippen molar-refractivity contribution in [1.82, 2.24) is 24.1 Å². The maximum Gasteiger partial charge on any atom is 0.404 e. The van der Waals surface area contributed by atoms with E-state index < -0.39 is 12.2 Å². The molecule has 1 aliphatic rings. The van der Waals surface area contributed by atoms with Gasteiger partial charge in [0.15, 0.2) is 0 Å². The summed E-state index contributed by atoms with van der Waals surface area (Å²) < 4.78 is 14.8. The molecule has 1 fully saturated rings. The Labute approximate surface area is 202 Å². The lowest BCUT2D eigenvalue weighted by Gasteiger charge is -2.32. The Kier molecular flexibility index (Phi) is 5.80. The molecule has 0 radical (unpaired) electrons. The summed E-state index contributed by atoms with van der Waals surface area (Å²) in [4.78, 5) is 31.1. The molecule has 0 unspecified atom stereocenters. The third-order valence-corrected chi connectivity index (χ3v) is 6.56. The average molecular weight is 477 g/mol. The number of ether oxygens (including phenoxy) is 2. The average Bonchev–Trinajstić information content (AvgIpc) is 3.39. The van der Waals surface area contributed by atoms with Crippen molar-refractivity contribution in [2.45, 2.75) is 32.3 Å². The van der Waals surface area contributed by atoms with E-state index in [0.29, 0.717) is 36.3 Å². The number of fused-ring (bicyclic) bond motifs is 2. The molecule has 3 aromatic heterocycles. The number of piperidine rings is 1. The van der Waals surface area contributed by atoms with E-state index in [4.69, 9.17) is 20.2 Å². The van der Waals surface area contributed by atoms with Gasteiger partial charge >= 0.3 is 6.09 Å². The molecule has 4 aromatic rings. The largest absolute Gasteiger partial charge is 0.494 e. The van der Waals surface area contributed by atoms with Gasteiger partial charge in [-0.15, -0.1) is 0 Å². The van der Waals surface area contributed by atoms with Crippen LogP contribution in [-0.2, 0) is 18.2 Å². The molecule has 2 N–H and O–H groups in total.